The molecule has 0 aliphatic rings. The summed E-state index contributed by atoms with van der Waals surface area (Å²) in [6, 6.07) is 7.70. The van der Waals surface area contributed by atoms with Crippen LogP contribution in [0.2, 0.25) is 0 Å². The Bertz CT molecular complexity index is 1010. The molecule has 9 heteroatoms. The first-order valence-corrected chi connectivity index (χ1v) is 9.48. The van der Waals surface area contributed by atoms with Crippen molar-refractivity contribution in [2.45, 2.75) is 26.8 Å². The number of fused-ring (bicyclic) bond motifs is 1. The van der Waals surface area contributed by atoms with Gasteiger partial charge in [0.1, 0.15) is 6.04 Å². The molecule has 28 heavy (non-hydrogen) atoms. The highest BCUT2D eigenvalue weighted by atomic mass is 32.1. The fourth-order valence-electron chi connectivity index (χ4n) is 2.60. The van der Waals surface area contributed by atoms with Crippen LogP contribution in [0.4, 0.5) is 10.8 Å². The number of furan rings is 1. The molecule has 1 unspecified atom stereocenters. The Labute approximate surface area is 165 Å². The number of aromatic nitrogens is 1. The Balaban J connectivity index is 1.74. The molecule has 0 saturated carbocycles. The first-order valence-electron chi connectivity index (χ1n) is 8.67. The van der Waals surface area contributed by atoms with Crippen LogP contribution in [-0.4, -0.2) is 28.7 Å². The predicted octanol–water partition coefficient (Wildman–Crippen LogP) is 3.24. The number of nitrogens with one attached hydrogen (secondary N) is 3. The molecule has 2 heterocycles. The summed E-state index contributed by atoms with van der Waals surface area (Å²) in [6.45, 7) is 5.11. The number of thiazole rings is 1. The van der Waals surface area contributed by atoms with Crippen LogP contribution in [0.5, 0.6) is 0 Å². The highest BCUT2D eigenvalue weighted by Crippen LogP contribution is 2.28. The molecule has 0 spiro atoms. The molecule has 146 valence electrons. The van der Waals surface area contributed by atoms with Crippen molar-refractivity contribution in [1.82, 2.24) is 10.3 Å². The van der Waals surface area contributed by atoms with Crippen molar-refractivity contribution in [3.05, 3.63) is 42.4 Å². The molecule has 2 aromatic heterocycles. The second-order valence-electron chi connectivity index (χ2n) is 6.54. The van der Waals surface area contributed by atoms with Crippen molar-refractivity contribution in [3.63, 3.8) is 0 Å². The molecule has 0 aliphatic heterocycles. The van der Waals surface area contributed by atoms with Gasteiger partial charge in [-0.25, -0.2) is 4.98 Å². The number of hydrogen-bond donors (Lipinski definition) is 3. The van der Waals surface area contributed by atoms with Gasteiger partial charge in [-0.3, -0.25) is 14.4 Å². The summed E-state index contributed by atoms with van der Waals surface area (Å²) in [5, 5.41) is 8.57. The average molecular weight is 400 g/mol. The Hall–Kier alpha value is -3.20. The van der Waals surface area contributed by atoms with E-state index in [2.05, 4.69) is 20.9 Å². The minimum Gasteiger partial charge on any atom is -0.459 e. The van der Waals surface area contributed by atoms with Gasteiger partial charge < -0.3 is 20.4 Å². The third-order valence-corrected chi connectivity index (χ3v) is 4.85. The molecule has 0 radical (unpaired) electrons. The van der Waals surface area contributed by atoms with Crippen molar-refractivity contribution in [3.8, 4) is 0 Å². The summed E-state index contributed by atoms with van der Waals surface area (Å²) in [7, 11) is 0. The van der Waals surface area contributed by atoms with Gasteiger partial charge in [0, 0.05) is 12.6 Å². The van der Waals surface area contributed by atoms with E-state index in [9.17, 15) is 14.4 Å². The van der Waals surface area contributed by atoms with Crippen LogP contribution in [0.1, 0.15) is 31.3 Å². The van der Waals surface area contributed by atoms with Gasteiger partial charge in [0.25, 0.3) is 5.91 Å². The summed E-state index contributed by atoms with van der Waals surface area (Å²) in [5.41, 5.74) is 1.36. The summed E-state index contributed by atoms with van der Waals surface area (Å²) >= 11 is 1.29. The maximum Gasteiger partial charge on any atom is 0.287 e. The highest BCUT2D eigenvalue weighted by Gasteiger charge is 2.26. The Morgan fingerprint density at radius 3 is 2.57 bits per heavy atom. The number of carbonyl (C=O) groups excluding carboxylic acids is 3. The Morgan fingerprint density at radius 2 is 1.93 bits per heavy atom. The van der Waals surface area contributed by atoms with Crippen molar-refractivity contribution in [1.29, 1.82) is 0 Å². The number of nitrogens with zero attached hydrogens (tertiary/aromatic N) is 1. The third kappa shape index (κ3) is 4.55. The minimum atomic E-state index is -0.750. The largest absolute Gasteiger partial charge is 0.459 e. The molecule has 0 bridgehead atoms. The second-order valence-corrected chi connectivity index (χ2v) is 7.58. The van der Waals surface area contributed by atoms with Crippen LogP contribution in [0.25, 0.3) is 10.2 Å². The summed E-state index contributed by atoms with van der Waals surface area (Å²) in [5.74, 6) is -0.979. The van der Waals surface area contributed by atoms with Crippen molar-refractivity contribution >= 4 is 50.1 Å². The monoisotopic (exact) mass is 400 g/mol. The molecule has 0 fully saturated rings. The van der Waals surface area contributed by atoms with Crippen LogP contribution in [-0.2, 0) is 9.59 Å². The quantitative estimate of drug-likeness (QED) is 0.588. The molecule has 1 atom stereocenters. The van der Waals surface area contributed by atoms with E-state index in [1.807, 2.05) is 13.8 Å². The zero-order chi connectivity index (χ0) is 20.3. The lowest BCUT2D eigenvalue weighted by molar-refractivity contribution is -0.119. The van der Waals surface area contributed by atoms with Gasteiger partial charge in [-0.2, -0.15) is 0 Å². The molecule has 1 aromatic carbocycles. The fourth-order valence-corrected chi connectivity index (χ4v) is 3.51. The van der Waals surface area contributed by atoms with Gasteiger partial charge in [-0.15, -0.1) is 0 Å². The highest BCUT2D eigenvalue weighted by molar-refractivity contribution is 7.22. The lowest BCUT2D eigenvalue weighted by Gasteiger charge is -2.20. The van der Waals surface area contributed by atoms with Gasteiger partial charge in [0.15, 0.2) is 10.9 Å². The summed E-state index contributed by atoms with van der Waals surface area (Å²) in [6.07, 6.45) is 1.40. The van der Waals surface area contributed by atoms with E-state index >= 15 is 0 Å². The van der Waals surface area contributed by atoms with E-state index in [1.54, 1.807) is 24.3 Å². The maximum absolute atomic E-state index is 12.7. The van der Waals surface area contributed by atoms with Gasteiger partial charge >= 0.3 is 0 Å². The van der Waals surface area contributed by atoms with Gasteiger partial charge in [-0.05, 0) is 36.2 Å². The van der Waals surface area contributed by atoms with E-state index < -0.39 is 11.9 Å². The lowest BCUT2D eigenvalue weighted by atomic mass is 10.0. The normalized spacial score (nSPS) is 12.0. The molecule has 0 saturated heterocycles. The Kier molecular flexibility index (Phi) is 5.74. The van der Waals surface area contributed by atoms with Gasteiger partial charge in [-0.1, -0.05) is 25.2 Å². The number of amides is 3. The van der Waals surface area contributed by atoms with E-state index in [0.29, 0.717) is 16.3 Å². The minimum absolute atomic E-state index is 0.139. The first-order chi connectivity index (χ1) is 13.3. The molecule has 8 nitrogen and oxygen atoms in total. The number of carbonyl (C=O) groups is 3. The van der Waals surface area contributed by atoms with Crippen molar-refractivity contribution < 1.29 is 18.8 Å². The molecule has 3 N–H and O–H groups in total. The predicted molar refractivity (Wildman–Crippen MR) is 107 cm³/mol. The lowest BCUT2D eigenvalue weighted by Crippen LogP contribution is -2.47. The second kappa shape index (κ2) is 8.22. The van der Waals surface area contributed by atoms with Crippen LogP contribution in [0.3, 0.4) is 0 Å². The van der Waals surface area contributed by atoms with Crippen LogP contribution < -0.4 is 16.0 Å². The van der Waals surface area contributed by atoms with Crippen molar-refractivity contribution in [2.24, 2.45) is 5.92 Å². The molecule has 0 aliphatic carbocycles. The standard InChI is InChI=1S/C19H20N4O4S/c1-10(2)16(22-17(25)14-5-4-8-27-14)18(26)23-19-21-13-7-6-12(20-11(3)24)9-15(13)28-19/h4-10,16H,1-3H3,(H,20,24)(H,22,25)(H,21,23,26). The van der Waals surface area contributed by atoms with E-state index in [0.717, 1.165) is 4.70 Å². The first kappa shape index (κ1) is 19.6. The number of anilines is 2. The molecule has 3 amide bonds. The van der Waals surface area contributed by atoms with Crippen LogP contribution in [0.15, 0.2) is 41.0 Å². The fraction of sp³-hybridized carbons (Fsp3) is 0.263. The maximum atomic E-state index is 12.7. The Morgan fingerprint density at radius 1 is 1.14 bits per heavy atom. The van der Waals surface area contributed by atoms with Gasteiger partial charge in [0.2, 0.25) is 11.8 Å². The van der Waals surface area contributed by atoms with Crippen LogP contribution >= 0.6 is 11.3 Å². The van der Waals surface area contributed by atoms with Crippen molar-refractivity contribution in [2.75, 3.05) is 10.6 Å². The van der Waals surface area contributed by atoms with E-state index in [-0.39, 0.29) is 23.5 Å². The summed E-state index contributed by atoms with van der Waals surface area (Å²) in [4.78, 5) is 40.5. The molecule has 3 rings (SSSR count). The molecular formula is C19H20N4O4S. The SMILES string of the molecule is CC(=O)Nc1ccc2nc(NC(=O)C(NC(=O)c3ccco3)C(C)C)sc2c1. The van der Waals surface area contributed by atoms with Gasteiger partial charge in [0.05, 0.1) is 16.5 Å². The average Bonchev–Trinajstić information content (AvgIpc) is 3.27. The number of benzene rings is 1. The zero-order valence-corrected chi connectivity index (χ0v) is 16.4. The molecule has 3 aromatic rings. The smallest absolute Gasteiger partial charge is 0.287 e. The number of rotatable bonds is 6. The topological polar surface area (TPSA) is 113 Å². The van der Waals surface area contributed by atoms with E-state index in [1.165, 1.54) is 30.6 Å². The van der Waals surface area contributed by atoms with Crippen LogP contribution in [0, 0.1) is 5.92 Å². The zero-order valence-electron chi connectivity index (χ0n) is 15.6. The third-order valence-electron chi connectivity index (χ3n) is 3.92. The summed E-state index contributed by atoms with van der Waals surface area (Å²) < 4.78 is 5.89. The molecular weight excluding hydrogens is 380 g/mol. The van der Waals surface area contributed by atoms with E-state index in [4.69, 9.17) is 4.42 Å². The number of hydrogen-bond acceptors (Lipinski definition) is 6.